The highest BCUT2D eigenvalue weighted by atomic mass is 35.5. The van der Waals surface area contributed by atoms with E-state index in [-0.39, 0.29) is 12.5 Å². The summed E-state index contributed by atoms with van der Waals surface area (Å²) in [6.45, 7) is 3.74. The van der Waals surface area contributed by atoms with Crippen LogP contribution in [0.4, 0.5) is 10.7 Å². The van der Waals surface area contributed by atoms with Gasteiger partial charge in [-0.15, -0.1) is 11.3 Å². The molecule has 1 heterocycles. The highest BCUT2D eigenvalue weighted by molar-refractivity contribution is 7.16. The van der Waals surface area contributed by atoms with Crippen molar-refractivity contribution in [2.24, 2.45) is 10.7 Å². The number of primary amides is 1. The molecule has 0 fully saturated rings. The maximum Gasteiger partial charge on any atom is 0.259 e. The summed E-state index contributed by atoms with van der Waals surface area (Å²) < 4.78 is 5.54. The maximum atomic E-state index is 13.7. The fraction of sp³-hybridized carbons (Fsp3) is 0.321. The number of anilines is 1. The third-order valence-electron chi connectivity index (χ3n) is 6.18. The molecule has 3 aromatic rings. The predicted molar refractivity (Wildman–Crippen MR) is 147 cm³/mol. The average Bonchev–Trinajstić information content (AvgIpc) is 3.15. The topological polar surface area (TPSA) is 93.8 Å². The number of carbonyl (C=O) groups excluding carboxylic acids is 2. The minimum atomic E-state index is -0.573. The second-order valence-electron chi connectivity index (χ2n) is 9.07. The lowest BCUT2D eigenvalue weighted by Gasteiger charge is -2.13. The van der Waals surface area contributed by atoms with Crippen LogP contribution in [0.15, 0.2) is 41.4 Å². The van der Waals surface area contributed by atoms with E-state index in [0.717, 1.165) is 54.5 Å². The zero-order valence-corrected chi connectivity index (χ0v) is 22.1. The van der Waals surface area contributed by atoms with Gasteiger partial charge >= 0.3 is 0 Å². The van der Waals surface area contributed by atoms with Gasteiger partial charge in [0.25, 0.3) is 11.8 Å². The Morgan fingerprint density at radius 2 is 1.89 bits per heavy atom. The van der Waals surface area contributed by atoms with Gasteiger partial charge < -0.3 is 15.8 Å². The lowest BCUT2D eigenvalue weighted by Crippen LogP contribution is -2.20. The number of aryl methyl sites for hydroxylation is 3. The van der Waals surface area contributed by atoms with E-state index in [2.05, 4.69) is 5.32 Å². The number of nitrogens with two attached hydrogens (primary N) is 1. The zero-order valence-electron chi connectivity index (χ0n) is 20.5. The third kappa shape index (κ3) is 6.33. The Balaban J connectivity index is 1.73. The van der Waals surface area contributed by atoms with Crippen LogP contribution in [0.25, 0.3) is 0 Å². The molecule has 188 valence electrons. The van der Waals surface area contributed by atoms with Gasteiger partial charge in [0, 0.05) is 27.4 Å². The Morgan fingerprint density at radius 3 is 2.67 bits per heavy atom. The number of nitrogens with one attached hydrogen (secondary N) is 1. The van der Waals surface area contributed by atoms with Crippen LogP contribution in [0.5, 0.6) is 5.75 Å². The van der Waals surface area contributed by atoms with Crippen molar-refractivity contribution in [3.63, 3.8) is 0 Å². The van der Waals surface area contributed by atoms with Crippen molar-refractivity contribution in [1.82, 2.24) is 0 Å². The number of nitrogens with zero attached hydrogens (tertiary/aromatic N) is 1. The normalized spacial score (nSPS) is 13.6. The minimum absolute atomic E-state index is 0.148. The van der Waals surface area contributed by atoms with E-state index in [4.69, 9.17) is 27.1 Å². The average molecular weight is 524 g/mol. The Bertz CT molecular complexity index is 1320. The number of hydrogen-bond acceptors (Lipinski definition) is 5. The molecule has 0 spiro atoms. The van der Waals surface area contributed by atoms with Gasteiger partial charge in [-0.2, -0.15) is 0 Å². The number of amides is 2. The number of benzene rings is 2. The lowest BCUT2D eigenvalue weighted by molar-refractivity contribution is -0.119. The Kier molecular flexibility index (Phi) is 8.44. The second kappa shape index (κ2) is 11.7. The highest BCUT2D eigenvalue weighted by Gasteiger charge is 2.24. The summed E-state index contributed by atoms with van der Waals surface area (Å²) in [6, 6.07) is 11.1. The van der Waals surface area contributed by atoms with E-state index in [1.54, 1.807) is 35.8 Å². The minimum Gasteiger partial charge on any atom is -0.483 e. The van der Waals surface area contributed by atoms with E-state index >= 15 is 0 Å². The van der Waals surface area contributed by atoms with Gasteiger partial charge in [0.05, 0.1) is 5.56 Å². The quantitative estimate of drug-likeness (QED) is 0.344. The van der Waals surface area contributed by atoms with Crippen molar-refractivity contribution >= 4 is 51.7 Å². The number of carbonyl (C=O) groups is 2. The fourth-order valence-electron chi connectivity index (χ4n) is 4.31. The Hall–Kier alpha value is -3.16. The van der Waals surface area contributed by atoms with Crippen molar-refractivity contribution in [3.8, 4) is 5.75 Å². The maximum absolute atomic E-state index is 13.7. The first kappa shape index (κ1) is 25.9. The van der Waals surface area contributed by atoms with Gasteiger partial charge in [0.15, 0.2) is 6.61 Å². The first-order valence-electron chi connectivity index (χ1n) is 12.1. The van der Waals surface area contributed by atoms with Crippen molar-refractivity contribution in [2.75, 3.05) is 11.9 Å². The van der Waals surface area contributed by atoms with Gasteiger partial charge in [-0.1, -0.05) is 36.6 Å². The number of thiophene rings is 1. The van der Waals surface area contributed by atoms with Gasteiger partial charge in [-0.25, -0.2) is 4.99 Å². The van der Waals surface area contributed by atoms with Crippen LogP contribution >= 0.6 is 22.9 Å². The summed E-state index contributed by atoms with van der Waals surface area (Å²) in [5.41, 5.74) is 10.5. The zero-order chi connectivity index (χ0) is 25.7. The van der Waals surface area contributed by atoms with Crippen LogP contribution in [-0.2, 0) is 17.6 Å². The van der Waals surface area contributed by atoms with E-state index < -0.39 is 5.91 Å². The molecule has 6 nitrogen and oxygen atoms in total. The highest BCUT2D eigenvalue weighted by Crippen LogP contribution is 2.39. The number of halogens is 1. The molecular weight excluding hydrogens is 494 g/mol. The van der Waals surface area contributed by atoms with Crippen LogP contribution < -0.4 is 15.8 Å². The third-order valence-corrected chi connectivity index (χ3v) is 7.62. The van der Waals surface area contributed by atoms with Crippen LogP contribution in [0.2, 0.25) is 5.02 Å². The van der Waals surface area contributed by atoms with Crippen molar-refractivity contribution < 1.29 is 14.3 Å². The first-order valence-corrected chi connectivity index (χ1v) is 13.3. The molecule has 0 radical (unpaired) electrons. The SMILES string of the molecule is Cc1ccc(C)c(NC(=O)c2c(N=Cc3cc(Cl)ccc3OCC(N)=O)sc3c2CCCCCC3)c1. The molecule has 36 heavy (non-hydrogen) atoms. The molecule has 8 heteroatoms. The smallest absolute Gasteiger partial charge is 0.259 e. The van der Waals surface area contributed by atoms with Gasteiger partial charge in [-0.05, 0) is 80.5 Å². The number of rotatable bonds is 7. The van der Waals surface area contributed by atoms with Gasteiger partial charge in [0.1, 0.15) is 10.8 Å². The summed E-state index contributed by atoms with van der Waals surface area (Å²) in [4.78, 5) is 30.9. The van der Waals surface area contributed by atoms with Gasteiger partial charge in [0.2, 0.25) is 0 Å². The van der Waals surface area contributed by atoms with E-state index in [0.29, 0.717) is 26.9 Å². The van der Waals surface area contributed by atoms with Crippen molar-refractivity contribution in [2.45, 2.75) is 52.4 Å². The molecule has 2 aromatic carbocycles. The standard InChI is InChI=1S/C28H30ClN3O3S/c1-17-9-10-18(2)22(13-17)32-27(34)26-21-7-5-3-4-6-8-24(21)36-28(26)31-15-19-14-20(29)11-12-23(19)35-16-25(30)33/h9-15H,3-8,16H2,1-2H3,(H2,30,33)(H,32,34). The molecule has 0 bridgehead atoms. The fourth-order valence-corrected chi connectivity index (χ4v) is 5.73. The van der Waals surface area contributed by atoms with Gasteiger partial charge in [-0.3, -0.25) is 9.59 Å². The van der Waals surface area contributed by atoms with E-state index in [1.807, 2.05) is 32.0 Å². The first-order chi connectivity index (χ1) is 17.3. The lowest BCUT2D eigenvalue weighted by atomic mass is 9.96. The van der Waals surface area contributed by atoms with E-state index in [1.165, 1.54) is 11.3 Å². The van der Waals surface area contributed by atoms with Crippen molar-refractivity contribution in [3.05, 3.63) is 74.1 Å². The molecule has 2 amide bonds. The number of aliphatic imine (C=N–C) groups is 1. The molecule has 0 aliphatic heterocycles. The molecule has 0 unspecified atom stereocenters. The Labute approximate surface area is 220 Å². The molecule has 1 aliphatic rings. The number of fused-ring (bicyclic) bond motifs is 1. The van der Waals surface area contributed by atoms with Crippen LogP contribution in [0.1, 0.15) is 63.2 Å². The summed E-state index contributed by atoms with van der Waals surface area (Å²) in [5.74, 6) is -0.278. The van der Waals surface area contributed by atoms with Crippen molar-refractivity contribution in [1.29, 1.82) is 0 Å². The molecule has 1 aliphatic carbocycles. The van der Waals surface area contributed by atoms with Crippen LogP contribution in [0.3, 0.4) is 0 Å². The molecule has 3 N–H and O–H groups in total. The second-order valence-corrected chi connectivity index (χ2v) is 10.6. The largest absolute Gasteiger partial charge is 0.483 e. The molecule has 4 rings (SSSR count). The molecule has 0 atom stereocenters. The monoisotopic (exact) mass is 523 g/mol. The molecule has 1 aromatic heterocycles. The Morgan fingerprint density at radius 1 is 1.11 bits per heavy atom. The number of ether oxygens (including phenoxy) is 1. The van der Waals surface area contributed by atoms with E-state index in [9.17, 15) is 9.59 Å². The summed E-state index contributed by atoms with van der Waals surface area (Å²) >= 11 is 7.78. The summed E-state index contributed by atoms with van der Waals surface area (Å²) in [6.07, 6.45) is 7.96. The summed E-state index contributed by atoms with van der Waals surface area (Å²) in [7, 11) is 0. The van der Waals surface area contributed by atoms with Crippen LogP contribution in [0, 0.1) is 13.8 Å². The molecule has 0 saturated heterocycles. The predicted octanol–water partition coefficient (Wildman–Crippen LogP) is 6.54. The number of hydrogen-bond donors (Lipinski definition) is 2. The van der Waals surface area contributed by atoms with Crippen LogP contribution in [-0.4, -0.2) is 24.6 Å². The molecular formula is C28H30ClN3O3S. The summed E-state index contributed by atoms with van der Waals surface area (Å²) in [5, 5.41) is 4.29. The molecule has 0 saturated carbocycles.